The second-order valence-corrected chi connectivity index (χ2v) is 4.87. The summed E-state index contributed by atoms with van der Waals surface area (Å²) in [5.74, 6) is 0. The van der Waals surface area contributed by atoms with Crippen LogP contribution in [-0.4, -0.2) is 21.9 Å². The topological polar surface area (TPSA) is 86.3 Å². The van der Waals surface area contributed by atoms with E-state index < -0.39 is 5.09 Å². The summed E-state index contributed by atoms with van der Waals surface area (Å²) in [4.78, 5) is 19.7. The first kappa shape index (κ1) is 13.8. The Hall–Kier alpha value is -1.20. The highest BCUT2D eigenvalue weighted by molar-refractivity contribution is 4.88. The molecule has 0 aromatic heterocycles. The number of hydrogen-bond acceptors (Lipinski definition) is 4. The highest BCUT2D eigenvalue weighted by atomic mass is 16.9. The molecule has 1 aliphatic rings. The minimum atomic E-state index is -1.75. The molecule has 6 heteroatoms. The van der Waals surface area contributed by atoms with Crippen LogP contribution in [0.25, 0.3) is 0 Å². The van der Waals surface area contributed by atoms with Crippen molar-refractivity contribution < 1.29 is 9.85 Å². The van der Waals surface area contributed by atoms with Gasteiger partial charge in [0.15, 0.2) is 6.54 Å². The van der Waals surface area contributed by atoms with E-state index in [2.05, 4.69) is 13.8 Å². The molecule has 0 aromatic rings. The number of rotatable bonds is 0. The summed E-state index contributed by atoms with van der Waals surface area (Å²) in [6.45, 7) is 9.14. The Labute approximate surface area is 89.0 Å². The van der Waals surface area contributed by atoms with Crippen molar-refractivity contribution >= 4 is 0 Å². The molecule has 0 N–H and O–H groups in total. The van der Waals surface area contributed by atoms with Crippen molar-refractivity contribution in [3.63, 3.8) is 0 Å². The van der Waals surface area contributed by atoms with Gasteiger partial charge >= 0.3 is 0 Å². The van der Waals surface area contributed by atoms with E-state index in [-0.39, 0.29) is 11.0 Å². The van der Waals surface area contributed by atoms with Gasteiger partial charge in [-0.1, -0.05) is 13.8 Å². The van der Waals surface area contributed by atoms with Crippen molar-refractivity contribution in [2.45, 2.75) is 46.1 Å². The first-order chi connectivity index (χ1) is 6.61. The summed E-state index contributed by atoms with van der Waals surface area (Å²) in [5, 5.41) is 14.8. The Kier molecular flexibility index (Phi) is 4.18. The van der Waals surface area contributed by atoms with Crippen LogP contribution in [-0.2, 0) is 0 Å². The fourth-order valence-corrected chi connectivity index (χ4v) is 1.59. The zero-order valence-electron chi connectivity index (χ0n) is 9.65. The molecule has 0 unspecified atom stereocenters. The zero-order valence-corrected chi connectivity index (χ0v) is 9.65. The van der Waals surface area contributed by atoms with Gasteiger partial charge in [-0.25, -0.2) is 0 Å². The minimum Gasteiger partial charge on any atom is -0.356 e. The van der Waals surface area contributed by atoms with Crippen LogP contribution in [0.4, 0.5) is 0 Å². The normalized spacial score (nSPS) is 22.5. The second kappa shape index (κ2) is 4.55. The molecule has 0 saturated carbocycles. The van der Waals surface area contributed by atoms with Crippen LogP contribution >= 0.6 is 0 Å². The molecule has 1 aliphatic heterocycles. The maximum atomic E-state index is 11.4. The number of piperidine rings is 1. The molecule has 0 atom stereocenters. The highest BCUT2D eigenvalue weighted by Crippen LogP contribution is 2.40. The predicted molar refractivity (Wildman–Crippen MR) is 55.9 cm³/mol. The van der Waals surface area contributed by atoms with Gasteiger partial charge in [0.2, 0.25) is 5.54 Å². The largest absolute Gasteiger partial charge is 0.356 e. The zero-order chi connectivity index (χ0) is 12.3. The van der Waals surface area contributed by atoms with Crippen LogP contribution in [0, 0.1) is 25.6 Å². The standard InChI is InChI=1S/C9H18NO.NO3/c1-8(2)6-5-7-10(11)9(8,3)4;2-1(3)4/h5-7H2,1-4H3;/q+1;-1. The summed E-state index contributed by atoms with van der Waals surface area (Å²) in [7, 11) is 0. The summed E-state index contributed by atoms with van der Waals surface area (Å²) in [6, 6.07) is 0. The molecule has 0 radical (unpaired) electrons. The van der Waals surface area contributed by atoms with Crippen LogP contribution in [0.5, 0.6) is 0 Å². The molecule has 0 spiro atoms. The summed E-state index contributed by atoms with van der Waals surface area (Å²) in [6.07, 6.45) is 2.21. The van der Waals surface area contributed by atoms with Gasteiger partial charge in [-0.15, -0.1) is 0 Å². The van der Waals surface area contributed by atoms with Crippen molar-refractivity contribution in [2.75, 3.05) is 6.54 Å². The average Bonchev–Trinajstić information content (AvgIpc) is 1.99. The molecule has 15 heavy (non-hydrogen) atoms. The van der Waals surface area contributed by atoms with Gasteiger partial charge in [0.1, 0.15) is 0 Å². The molecule has 88 valence electrons. The molecule has 6 nitrogen and oxygen atoms in total. The van der Waals surface area contributed by atoms with Crippen LogP contribution in [0.15, 0.2) is 0 Å². The van der Waals surface area contributed by atoms with Crippen molar-refractivity contribution in [1.82, 2.24) is 0 Å². The fourth-order valence-electron chi connectivity index (χ4n) is 1.59. The van der Waals surface area contributed by atoms with Gasteiger partial charge in [0.05, 0.1) is 5.09 Å². The molecule has 1 saturated heterocycles. The molecule has 1 heterocycles. The molecular weight excluding hydrogens is 200 g/mol. The fraction of sp³-hybridized carbons (Fsp3) is 1.00. The maximum Gasteiger partial charge on any atom is 0.210 e. The van der Waals surface area contributed by atoms with Crippen molar-refractivity contribution in [1.29, 1.82) is 0 Å². The second-order valence-electron chi connectivity index (χ2n) is 4.87. The Morgan fingerprint density at radius 3 is 1.87 bits per heavy atom. The van der Waals surface area contributed by atoms with Gasteiger partial charge < -0.3 is 15.3 Å². The van der Waals surface area contributed by atoms with E-state index in [0.717, 1.165) is 6.42 Å². The number of nitroso groups, excluding NO2 is 1. The summed E-state index contributed by atoms with van der Waals surface area (Å²) < 4.78 is 1.23. The van der Waals surface area contributed by atoms with Crippen LogP contribution in [0.3, 0.4) is 0 Å². The van der Waals surface area contributed by atoms with Crippen molar-refractivity contribution in [2.24, 2.45) is 5.41 Å². The molecule has 0 bridgehead atoms. The van der Waals surface area contributed by atoms with Crippen LogP contribution in [0.1, 0.15) is 40.5 Å². The lowest BCUT2D eigenvalue weighted by Crippen LogP contribution is -2.51. The number of hydrogen-bond donors (Lipinski definition) is 0. The van der Waals surface area contributed by atoms with Gasteiger partial charge in [-0.2, -0.15) is 0 Å². The van der Waals surface area contributed by atoms with E-state index in [4.69, 9.17) is 15.3 Å². The lowest BCUT2D eigenvalue weighted by atomic mass is 9.69. The lowest BCUT2D eigenvalue weighted by Gasteiger charge is -2.37. The smallest absolute Gasteiger partial charge is 0.210 e. The molecular formula is C9H18N2O4. The van der Waals surface area contributed by atoms with Gasteiger partial charge in [0, 0.05) is 35.4 Å². The average molecular weight is 218 g/mol. The van der Waals surface area contributed by atoms with E-state index in [1.54, 1.807) is 0 Å². The Bertz CT molecular complexity index is 257. The lowest BCUT2D eigenvalue weighted by molar-refractivity contribution is -0.648. The van der Waals surface area contributed by atoms with E-state index >= 15 is 0 Å². The third kappa shape index (κ3) is 3.45. The summed E-state index contributed by atoms with van der Waals surface area (Å²) in [5.41, 5.74) is -0.0295. The van der Waals surface area contributed by atoms with Gasteiger partial charge in [0.25, 0.3) is 0 Å². The molecule has 0 amide bonds. The molecule has 1 fully saturated rings. The van der Waals surface area contributed by atoms with Crippen LogP contribution in [0.2, 0.25) is 0 Å². The third-order valence-corrected chi connectivity index (χ3v) is 3.44. The first-order valence-electron chi connectivity index (χ1n) is 4.87. The van der Waals surface area contributed by atoms with Crippen LogP contribution < -0.4 is 0 Å². The SMILES string of the molecule is CC1(C)CCC[N+](=O)C1(C)C.O=[N+]([O-])[O-]. The van der Waals surface area contributed by atoms with Crippen molar-refractivity contribution in [3.8, 4) is 0 Å². The van der Waals surface area contributed by atoms with E-state index in [1.807, 2.05) is 13.8 Å². The molecule has 0 aromatic carbocycles. The third-order valence-electron chi connectivity index (χ3n) is 3.44. The first-order valence-corrected chi connectivity index (χ1v) is 4.87. The molecule has 0 aliphatic carbocycles. The van der Waals surface area contributed by atoms with Gasteiger partial charge in [-0.05, 0) is 6.42 Å². The highest BCUT2D eigenvalue weighted by Gasteiger charge is 2.51. The Balaban J connectivity index is 0.000000423. The predicted octanol–water partition coefficient (Wildman–Crippen LogP) is 2.12. The Morgan fingerprint density at radius 2 is 1.60 bits per heavy atom. The van der Waals surface area contributed by atoms with E-state index in [1.165, 1.54) is 11.2 Å². The van der Waals surface area contributed by atoms with E-state index in [0.29, 0.717) is 6.54 Å². The van der Waals surface area contributed by atoms with E-state index in [9.17, 15) is 4.91 Å². The maximum absolute atomic E-state index is 11.4. The molecule has 1 rings (SSSR count). The summed E-state index contributed by atoms with van der Waals surface area (Å²) >= 11 is 0. The van der Waals surface area contributed by atoms with Crippen molar-refractivity contribution in [3.05, 3.63) is 20.2 Å². The number of nitrogens with zero attached hydrogens (tertiary/aromatic N) is 2. The Morgan fingerprint density at radius 1 is 1.20 bits per heavy atom. The minimum absolute atomic E-state index is 0.160. The quantitative estimate of drug-likeness (QED) is 0.354. The monoisotopic (exact) mass is 218 g/mol. The van der Waals surface area contributed by atoms with Gasteiger partial charge in [-0.3, -0.25) is 0 Å².